The van der Waals surface area contributed by atoms with E-state index in [1.807, 2.05) is 18.2 Å². The summed E-state index contributed by atoms with van der Waals surface area (Å²) in [6.45, 7) is 3.96. The molecule has 0 saturated heterocycles. The molecule has 0 aromatic carbocycles. The van der Waals surface area contributed by atoms with Crippen LogP contribution in [-0.4, -0.2) is 22.4 Å². The van der Waals surface area contributed by atoms with Crippen LogP contribution in [0.2, 0.25) is 0 Å². The Morgan fingerprint density at radius 2 is 2.24 bits per heavy atom. The molecule has 1 heterocycles. The third-order valence-corrected chi connectivity index (χ3v) is 3.09. The SMILES string of the molecule is CC(C)(C(=O)NCCc1ccccn1)C(N)=S. The summed E-state index contributed by atoms with van der Waals surface area (Å²) in [6, 6.07) is 5.70. The molecule has 17 heavy (non-hydrogen) atoms. The lowest BCUT2D eigenvalue weighted by molar-refractivity contribution is -0.126. The first-order valence-corrected chi connectivity index (χ1v) is 5.83. The number of carbonyl (C=O) groups excluding carboxylic acids is 1. The van der Waals surface area contributed by atoms with Crippen LogP contribution in [0.5, 0.6) is 0 Å². The van der Waals surface area contributed by atoms with Gasteiger partial charge in [0.2, 0.25) is 5.91 Å². The minimum Gasteiger partial charge on any atom is -0.392 e. The summed E-state index contributed by atoms with van der Waals surface area (Å²) in [5, 5.41) is 2.81. The van der Waals surface area contributed by atoms with E-state index in [2.05, 4.69) is 10.3 Å². The maximum absolute atomic E-state index is 11.8. The molecule has 0 aliphatic heterocycles. The Morgan fingerprint density at radius 3 is 2.76 bits per heavy atom. The lowest BCUT2D eigenvalue weighted by Gasteiger charge is -2.21. The number of hydrogen-bond donors (Lipinski definition) is 2. The van der Waals surface area contributed by atoms with Crippen LogP contribution in [-0.2, 0) is 11.2 Å². The zero-order valence-electron chi connectivity index (χ0n) is 10.1. The number of aromatic nitrogens is 1. The third-order valence-electron chi connectivity index (χ3n) is 2.58. The van der Waals surface area contributed by atoms with Gasteiger partial charge in [0.15, 0.2) is 0 Å². The Kier molecular flexibility index (Phi) is 4.57. The van der Waals surface area contributed by atoms with Crippen molar-refractivity contribution in [3.8, 4) is 0 Å². The molecule has 0 aliphatic rings. The smallest absolute Gasteiger partial charge is 0.232 e. The number of nitrogens with two attached hydrogens (primary N) is 1. The highest BCUT2D eigenvalue weighted by Gasteiger charge is 2.30. The van der Waals surface area contributed by atoms with Crippen LogP contribution in [0.4, 0.5) is 0 Å². The first kappa shape index (κ1) is 13.6. The maximum Gasteiger partial charge on any atom is 0.232 e. The average molecular weight is 251 g/mol. The van der Waals surface area contributed by atoms with Crippen LogP contribution >= 0.6 is 12.2 Å². The zero-order chi connectivity index (χ0) is 12.9. The normalized spacial score (nSPS) is 10.9. The second-order valence-electron chi connectivity index (χ2n) is 4.32. The van der Waals surface area contributed by atoms with Crippen molar-refractivity contribution in [2.24, 2.45) is 11.1 Å². The standard InChI is InChI=1S/C12H17N3OS/c1-12(2,10(13)17)11(16)15-8-6-9-5-3-4-7-14-9/h3-5,7H,6,8H2,1-2H3,(H2,13,17)(H,15,16). The van der Waals surface area contributed by atoms with Crippen molar-refractivity contribution in [1.82, 2.24) is 10.3 Å². The highest BCUT2D eigenvalue weighted by molar-refractivity contribution is 7.80. The van der Waals surface area contributed by atoms with Gasteiger partial charge in [-0.3, -0.25) is 9.78 Å². The van der Waals surface area contributed by atoms with Crippen molar-refractivity contribution >= 4 is 23.1 Å². The highest BCUT2D eigenvalue weighted by atomic mass is 32.1. The minimum atomic E-state index is -0.806. The summed E-state index contributed by atoms with van der Waals surface area (Å²) in [7, 11) is 0. The average Bonchev–Trinajstić information content (AvgIpc) is 2.30. The molecule has 0 saturated carbocycles. The number of rotatable bonds is 5. The molecular weight excluding hydrogens is 234 g/mol. The molecule has 1 aromatic heterocycles. The molecule has 5 heteroatoms. The fourth-order valence-corrected chi connectivity index (χ4v) is 1.28. The van der Waals surface area contributed by atoms with Crippen LogP contribution in [0.15, 0.2) is 24.4 Å². The molecule has 0 atom stereocenters. The Labute approximate surface area is 107 Å². The predicted molar refractivity (Wildman–Crippen MR) is 71.5 cm³/mol. The summed E-state index contributed by atoms with van der Waals surface area (Å²) < 4.78 is 0. The van der Waals surface area contributed by atoms with Gasteiger partial charge in [0, 0.05) is 24.9 Å². The Balaban J connectivity index is 2.42. The number of hydrogen-bond acceptors (Lipinski definition) is 3. The first-order chi connectivity index (χ1) is 7.94. The molecule has 0 bridgehead atoms. The summed E-state index contributed by atoms with van der Waals surface area (Å²) in [4.78, 5) is 16.2. The van der Waals surface area contributed by atoms with Crippen molar-refractivity contribution in [2.45, 2.75) is 20.3 Å². The van der Waals surface area contributed by atoms with Crippen LogP contribution in [0, 0.1) is 5.41 Å². The van der Waals surface area contributed by atoms with Crippen LogP contribution in [0.25, 0.3) is 0 Å². The van der Waals surface area contributed by atoms with Gasteiger partial charge in [0.25, 0.3) is 0 Å². The topological polar surface area (TPSA) is 68.0 Å². The van der Waals surface area contributed by atoms with E-state index in [0.717, 1.165) is 5.69 Å². The largest absolute Gasteiger partial charge is 0.392 e. The third kappa shape index (κ3) is 3.78. The van der Waals surface area contributed by atoms with Gasteiger partial charge in [-0.05, 0) is 26.0 Å². The Hall–Kier alpha value is -1.49. The van der Waals surface area contributed by atoms with E-state index in [4.69, 9.17) is 18.0 Å². The van der Waals surface area contributed by atoms with Gasteiger partial charge in [-0.1, -0.05) is 18.3 Å². The van der Waals surface area contributed by atoms with Crippen molar-refractivity contribution in [3.05, 3.63) is 30.1 Å². The molecule has 0 radical (unpaired) electrons. The van der Waals surface area contributed by atoms with E-state index in [0.29, 0.717) is 13.0 Å². The molecule has 92 valence electrons. The summed E-state index contributed by atoms with van der Waals surface area (Å²) in [5.41, 5.74) is 5.65. The van der Waals surface area contributed by atoms with Crippen molar-refractivity contribution in [1.29, 1.82) is 0 Å². The predicted octanol–water partition coefficient (Wildman–Crippen LogP) is 1.05. The zero-order valence-corrected chi connectivity index (χ0v) is 10.9. The molecule has 1 rings (SSSR count). The van der Waals surface area contributed by atoms with Crippen molar-refractivity contribution < 1.29 is 4.79 Å². The molecule has 0 aliphatic carbocycles. The number of amides is 1. The van der Waals surface area contributed by atoms with Crippen molar-refractivity contribution in [3.63, 3.8) is 0 Å². The minimum absolute atomic E-state index is 0.152. The number of nitrogens with zero attached hydrogens (tertiary/aromatic N) is 1. The van der Waals surface area contributed by atoms with E-state index in [1.54, 1.807) is 20.0 Å². The monoisotopic (exact) mass is 251 g/mol. The van der Waals surface area contributed by atoms with E-state index in [9.17, 15) is 4.79 Å². The molecule has 0 fully saturated rings. The van der Waals surface area contributed by atoms with Gasteiger partial charge in [0.1, 0.15) is 0 Å². The van der Waals surface area contributed by atoms with E-state index < -0.39 is 5.41 Å². The highest BCUT2D eigenvalue weighted by Crippen LogP contribution is 2.15. The maximum atomic E-state index is 11.8. The summed E-state index contributed by atoms with van der Waals surface area (Å²) >= 11 is 4.86. The summed E-state index contributed by atoms with van der Waals surface area (Å²) in [6.07, 6.45) is 2.43. The van der Waals surface area contributed by atoms with Gasteiger partial charge in [-0.25, -0.2) is 0 Å². The van der Waals surface area contributed by atoms with E-state index in [-0.39, 0.29) is 10.9 Å². The van der Waals surface area contributed by atoms with Gasteiger partial charge < -0.3 is 11.1 Å². The summed E-state index contributed by atoms with van der Waals surface area (Å²) in [5.74, 6) is -0.152. The number of carbonyl (C=O) groups is 1. The van der Waals surface area contributed by atoms with Gasteiger partial charge >= 0.3 is 0 Å². The van der Waals surface area contributed by atoms with Crippen LogP contribution in [0.3, 0.4) is 0 Å². The Morgan fingerprint density at radius 1 is 1.53 bits per heavy atom. The molecule has 1 aromatic rings. The van der Waals surface area contributed by atoms with E-state index >= 15 is 0 Å². The van der Waals surface area contributed by atoms with E-state index in [1.165, 1.54) is 0 Å². The lowest BCUT2D eigenvalue weighted by Crippen LogP contribution is -2.45. The van der Waals surface area contributed by atoms with Gasteiger partial charge in [0.05, 0.1) is 10.4 Å². The number of nitrogens with one attached hydrogen (secondary N) is 1. The van der Waals surface area contributed by atoms with Crippen LogP contribution in [0.1, 0.15) is 19.5 Å². The quantitative estimate of drug-likeness (QED) is 0.768. The fourth-order valence-electron chi connectivity index (χ4n) is 1.18. The van der Waals surface area contributed by atoms with Gasteiger partial charge in [-0.15, -0.1) is 0 Å². The molecular formula is C12H17N3OS. The Bertz CT molecular complexity index is 403. The fraction of sp³-hybridized carbons (Fsp3) is 0.417. The number of thiocarbonyl (C=S) groups is 1. The lowest BCUT2D eigenvalue weighted by atomic mass is 9.92. The molecule has 0 spiro atoms. The molecule has 0 unspecified atom stereocenters. The second-order valence-corrected chi connectivity index (χ2v) is 4.76. The molecule has 3 N–H and O–H groups in total. The van der Waals surface area contributed by atoms with Crippen molar-refractivity contribution in [2.75, 3.05) is 6.54 Å². The first-order valence-electron chi connectivity index (χ1n) is 5.42. The van der Waals surface area contributed by atoms with Crippen LogP contribution < -0.4 is 11.1 Å². The van der Waals surface area contributed by atoms with Gasteiger partial charge in [-0.2, -0.15) is 0 Å². The second kappa shape index (κ2) is 5.72. The number of pyridine rings is 1. The molecule has 1 amide bonds. The molecule has 4 nitrogen and oxygen atoms in total.